The summed E-state index contributed by atoms with van der Waals surface area (Å²) < 4.78 is 3.88. The molecule has 0 saturated heterocycles. The molecule has 0 radical (unpaired) electrons. The van der Waals surface area contributed by atoms with Gasteiger partial charge in [-0.05, 0) is 11.6 Å². The van der Waals surface area contributed by atoms with E-state index in [0.29, 0.717) is 5.92 Å². The van der Waals surface area contributed by atoms with Crippen molar-refractivity contribution in [2.75, 3.05) is 0 Å². The van der Waals surface area contributed by atoms with E-state index in [1.807, 2.05) is 47.9 Å². The zero-order valence-corrected chi connectivity index (χ0v) is 23.0. The molecule has 37 heavy (non-hydrogen) atoms. The summed E-state index contributed by atoms with van der Waals surface area (Å²) in [6, 6.07) is 14.6. The summed E-state index contributed by atoms with van der Waals surface area (Å²) in [6.45, 7) is 2.11. The fraction of sp³-hybridized carbons (Fsp3) is 0.143. The molecule has 1 atom stereocenters. The SMILES string of the molecule is CC1C=CN=C1c1[c-]ccnc1.Cn1ccnc1-c1[c-]ccnc1.Cn1ccnc1-c1[c-]ccnc1.[Ir+3]. The van der Waals surface area contributed by atoms with Crippen LogP contribution in [0.15, 0.2) is 97.4 Å². The van der Waals surface area contributed by atoms with Gasteiger partial charge in [-0.1, -0.05) is 61.3 Å². The average Bonchev–Trinajstić information content (AvgIpc) is 3.67. The third kappa shape index (κ3) is 7.46. The number of allylic oxidation sites excluding steroid dienone is 1. The van der Waals surface area contributed by atoms with Crippen molar-refractivity contribution in [1.29, 1.82) is 0 Å². The second-order valence-electron chi connectivity index (χ2n) is 7.82. The van der Waals surface area contributed by atoms with Crippen molar-refractivity contribution in [1.82, 2.24) is 34.1 Å². The normalized spacial score (nSPS) is 13.4. The van der Waals surface area contributed by atoms with Crippen LogP contribution in [0.1, 0.15) is 12.5 Å². The Labute approximate surface area is 230 Å². The zero-order valence-electron chi connectivity index (χ0n) is 20.6. The second kappa shape index (κ2) is 13.9. The predicted molar refractivity (Wildman–Crippen MR) is 138 cm³/mol. The molecule has 9 heteroatoms. The van der Waals surface area contributed by atoms with Crippen molar-refractivity contribution < 1.29 is 20.1 Å². The summed E-state index contributed by atoms with van der Waals surface area (Å²) in [5.41, 5.74) is 3.90. The van der Waals surface area contributed by atoms with Gasteiger partial charge in [0.15, 0.2) is 0 Å². The van der Waals surface area contributed by atoms with Crippen LogP contribution in [0.5, 0.6) is 0 Å². The maximum absolute atomic E-state index is 4.25. The third-order valence-corrected chi connectivity index (χ3v) is 5.23. The first-order valence-corrected chi connectivity index (χ1v) is 11.3. The Balaban J connectivity index is 0.000000152. The molecular formula is C28H25IrN8. The Morgan fingerprint density at radius 3 is 1.46 bits per heavy atom. The van der Waals surface area contributed by atoms with Crippen molar-refractivity contribution in [3.63, 3.8) is 0 Å². The predicted octanol–water partition coefficient (Wildman–Crippen LogP) is 4.40. The molecule has 0 fully saturated rings. The number of imidazole rings is 2. The van der Waals surface area contributed by atoms with Gasteiger partial charge in [0.05, 0.1) is 11.6 Å². The van der Waals surface area contributed by atoms with Crippen LogP contribution in [0.4, 0.5) is 0 Å². The molecule has 6 heterocycles. The van der Waals surface area contributed by atoms with Gasteiger partial charge in [-0.3, -0.25) is 9.97 Å². The first-order valence-electron chi connectivity index (χ1n) is 11.3. The first-order chi connectivity index (χ1) is 17.6. The van der Waals surface area contributed by atoms with E-state index in [1.54, 1.807) is 61.7 Å². The fourth-order valence-electron chi connectivity index (χ4n) is 3.39. The van der Waals surface area contributed by atoms with Crippen molar-refractivity contribution >= 4 is 5.71 Å². The molecule has 0 amide bonds. The standard InChI is InChI=1S/C10H9N2.2C9H8N3.Ir/c1-8-4-6-12-10(8)9-3-2-5-11-7-9;2*1-12-6-5-11-9(12)8-3-2-4-10-7-8;/h2,4-8H,1H3;2*2,4-7H,1H3;/q3*-1;+3. The number of rotatable bonds is 3. The van der Waals surface area contributed by atoms with Crippen molar-refractivity contribution in [2.45, 2.75) is 6.92 Å². The van der Waals surface area contributed by atoms with Crippen LogP contribution < -0.4 is 0 Å². The number of hydrogen-bond acceptors (Lipinski definition) is 6. The summed E-state index contributed by atoms with van der Waals surface area (Å²) in [5.74, 6) is 2.18. The summed E-state index contributed by atoms with van der Waals surface area (Å²) in [4.78, 5) is 24.6. The molecule has 8 nitrogen and oxygen atoms in total. The van der Waals surface area contributed by atoms with Crippen LogP contribution in [-0.2, 0) is 34.2 Å². The minimum absolute atomic E-state index is 0. The van der Waals surface area contributed by atoms with Crippen molar-refractivity contribution in [3.8, 4) is 22.8 Å². The molecule has 0 saturated carbocycles. The number of aryl methyl sites for hydroxylation is 2. The Morgan fingerprint density at radius 2 is 1.14 bits per heavy atom. The van der Waals surface area contributed by atoms with E-state index in [1.165, 1.54) is 0 Å². The Hall–Kier alpha value is -4.07. The largest absolute Gasteiger partial charge is 3.00 e. The van der Waals surface area contributed by atoms with Gasteiger partial charge in [0.2, 0.25) is 0 Å². The van der Waals surface area contributed by atoms with Gasteiger partial charge in [-0.2, -0.15) is 0 Å². The number of aromatic nitrogens is 7. The van der Waals surface area contributed by atoms with Gasteiger partial charge in [0.25, 0.3) is 0 Å². The van der Waals surface area contributed by atoms with E-state index in [4.69, 9.17) is 0 Å². The summed E-state index contributed by atoms with van der Waals surface area (Å²) in [5, 5.41) is 0. The number of hydrogen-bond donors (Lipinski definition) is 0. The topological polar surface area (TPSA) is 86.7 Å². The Kier molecular flexibility index (Phi) is 10.3. The minimum atomic E-state index is 0. The molecule has 1 aliphatic heterocycles. The summed E-state index contributed by atoms with van der Waals surface area (Å²) in [6.07, 6.45) is 21.6. The van der Waals surface area contributed by atoms with Crippen molar-refractivity contribution in [3.05, 3.63) is 116 Å². The molecule has 0 spiro atoms. The first kappa shape index (κ1) is 27.5. The second-order valence-corrected chi connectivity index (χ2v) is 7.82. The van der Waals surface area contributed by atoms with Crippen LogP contribution >= 0.6 is 0 Å². The molecule has 0 aromatic carbocycles. The Morgan fingerprint density at radius 1 is 0.676 bits per heavy atom. The molecule has 0 N–H and O–H groups in total. The van der Waals surface area contributed by atoms with E-state index in [-0.39, 0.29) is 20.1 Å². The number of nitrogens with zero attached hydrogens (tertiary/aromatic N) is 8. The van der Waals surface area contributed by atoms with Gasteiger partial charge in [0.1, 0.15) is 0 Å². The smallest absolute Gasteiger partial charge is 0.373 e. The molecule has 5 aromatic heterocycles. The molecule has 1 aliphatic rings. The van der Waals surface area contributed by atoms with E-state index >= 15 is 0 Å². The molecule has 5 aromatic rings. The van der Waals surface area contributed by atoms with Crippen LogP contribution in [-0.4, -0.2) is 39.8 Å². The minimum Gasteiger partial charge on any atom is -0.373 e. The average molecular weight is 666 g/mol. The van der Waals surface area contributed by atoms with Crippen LogP contribution in [0.25, 0.3) is 22.8 Å². The zero-order chi connectivity index (χ0) is 25.2. The molecular weight excluding hydrogens is 641 g/mol. The van der Waals surface area contributed by atoms with Gasteiger partial charge in [0, 0.05) is 45.1 Å². The Bertz CT molecular complexity index is 1330. The van der Waals surface area contributed by atoms with Crippen LogP contribution in [0.3, 0.4) is 0 Å². The van der Waals surface area contributed by atoms with Gasteiger partial charge in [-0.25, -0.2) is 0 Å². The van der Waals surface area contributed by atoms with Crippen molar-refractivity contribution in [2.24, 2.45) is 25.0 Å². The molecule has 0 bridgehead atoms. The molecule has 0 aliphatic carbocycles. The quantitative estimate of drug-likeness (QED) is 0.267. The third-order valence-electron chi connectivity index (χ3n) is 5.23. The van der Waals surface area contributed by atoms with E-state index < -0.39 is 0 Å². The maximum atomic E-state index is 4.25. The van der Waals surface area contributed by atoms with Crippen LogP contribution in [0, 0.1) is 24.1 Å². The van der Waals surface area contributed by atoms with E-state index in [0.717, 1.165) is 34.1 Å². The number of pyridine rings is 3. The molecule has 186 valence electrons. The molecule has 1 unspecified atom stereocenters. The van der Waals surface area contributed by atoms with Gasteiger partial charge < -0.3 is 29.1 Å². The molecule has 6 rings (SSSR count). The van der Waals surface area contributed by atoms with E-state index in [2.05, 4.69) is 61.1 Å². The number of aliphatic imine (C=N–C) groups is 1. The summed E-state index contributed by atoms with van der Waals surface area (Å²) in [7, 11) is 3.90. The van der Waals surface area contributed by atoms with Gasteiger partial charge in [-0.15, -0.1) is 42.0 Å². The van der Waals surface area contributed by atoms with Gasteiger partial charge >= 0.3 is 20.1 Å². The summed E-state index contributed by atoms with van der Waals surface area (Å²) >= 11 is 0. The van der Waals surface area contributed by atoms with Crippen LogP contribution in [0.2, 0.25) is 0 Å². The monoisotopic (exact) mass is 666 g/mol. The maximum Gasteiger partial charge on any atom is 3.00 e. The fourth-order valence-corrected chi connectivity index (χ4v) is 3.39. The van der Waals surface area contributed by atoms with E-state index in [9.17, 15) is 0 Å².